The molecule has 0 spiro atoms. The first kappa shape index (κ1) is 8.19. The summed E-state index contributed by atoms with van der Waals surface area (Å²) in [6.45, 7) is 1.33. The smallest absolute Gasteiger partial charge is 0.328 e. The van der Waals surface area contributed by atoms with Crippen molar-refractivity contribution in [3.63, 3.8) is 0 Å². The Morgan fingerprint density at radius 1 is 1.56 bits per heavy atom. The standard InChI is InChI=1S/C4H12N4O/c1-6-2-3-7-4(9)8-5/h6H,2-3,5H2,1H3,(H2,7,8,9). The second-order valence-electron chi connectivity index (χ2n) is 1.50. The molecule has 0 aromatic carbocycles. The van der Waals surface area contributed by atoms with Gasteiger partial charge in [0.05, 0.1) is 0 Å². The molecule has 0 fully saturated rings. The lowest BCUT2D eigenvalue weighted by Crippen LogP contribution is -2.42. The van der Waals surface area contributed by atoms with Crippen LogP contribution in [-0.4, -0.2) is 26.2 Å². The quantitative estimate of drug-likeness (QED) is 0.161. The molecule has 9 heavy (non-hydrogen) atoms. The average molecular weight is 132 g/mol. The first-order chi connectivity index (χ1) is 4.31. The molecule has 0 saturated carbocycles. The molecule has 5 N–H and O–H groups in total. The Hall–Kier alpha value is -0.810. The molecule has 0 aliphatic heterocycles. The van der Waals surface area contributed by atoms with Crippen molar-refractivity contribution in [2.45, 2.75) is 0 Å². The van der Waals surface area contributed by atoms with Gasteiger partial charge in [-0.1, -0.05) is 0 Å². The van der Waals surface area contributed by atoms with Crippen LogP contribution in [0, 0.1) is 0 Å². The van der Waals surface area contributed by atoms with Gasteiger partial charge in [-0.15, -0.1) is 0 Å². The first-order valence-corrected chi connectivity index (χ1v) is 2.70. The van der Waals surface area contributed by atoms with E-state index in [0.29, 0.717) is 6.54 Å². The number of rotatable bonds is 3. The van der Waals surface area contributed by atoms with Gasteiger partial charge in [-0.05, 0) is 7.05 Å². The van der Waals surface area contributed by atoms with Crippen molar-refractivity contribution in [2.24, 2.45) is 5.84 Å². The summed E-state index contributed by atoms with van der Waals surface area (Å²) in [5.41, 5.74) is 1.95. The minimum absolute atomic E-state index is 0.356. The molecule has 2 amide bonds. The summed E-state index contributed by atoms with van der Waals surface area (Å²) in [5.74, 6) is 4.77. The number of carbonyl (C=O) groups excluding carboxylic acids is 1. The summed E-state index contributed by atoms with van der Waals surface area (Å²) in [6, 6.07) is -0.356. The van der Waals surface area contributed by atoms with Gasteiger partial charge in [0, 0.05) is 13.1 Å². The zero-order valence-corrected chi connectivity index (χ0v) is 5.40. The zero-order valence-electron chi connectivity index (χ0n) is 5.40. The van der Waals surface area contributed by atoms with E-state index in [9.17, 15) is 4.79 Å². The van der Waals surface area contributed by atoms with E-state index in [1.54, 1.807) is 0 Å². The molecule has 0 saturated heterocycles. The van der Waals surface area contributed by atoms with Crippen LogP contribution in [0.15, 0.2) is 0 Å². The Balaban J connectivity index is 2.97. The molecule has 0 rings (SSSR count). The van der Waals surface area contributed by atoms with E-state index in [-0.39, 0.29) is 6.03 Å². The van der Waals surface area contributed by atoms with E-state index in [1.165, 1.54) is 0 Å². The van der Waals surface area contributed by atoms with Gasteiger partial charge < -0.3 is 10.6 Å². The fraction of sp³-hybridized carbons (Fsp3) is 0.750. The van der Waals surface area contributed by atoms with E-state index in [2.05, 4.69) is 10.6 Å². The van der Waals surface area contributed by atoms with Gasteiger partial charge >= 0.3 is 6.03 Å². The van der Waals surface area contributed by atoms with Crippen LogP contribution in [0.1, 0.15) is 0 Å². The maximum atomic E-state index is 10.3. The summed E-state index contributed by atoms with van der Waals surface area (Å²) in [7, 11) is 1.81. The summed E-state index contributed by atoms with van der Waals surface area (Å²) in [6.07, 6.45) is 0. The minimum Gasteiger partial charge on any atom is -0.336 e. The van der Waals surface area contributed by atoms with Crippen LogP contribution in [-0.2, 0) is 0 Å². The van der Waals surface area contributed by atoms with Gasteiger partial charge in [0.25, 0.3) is 0 Å². The lowest BCUT2D eigenvalue weighted by atomic mass is 10.6. The molecule has 0 heterocycles. The first-order valence-electron chi connectivity index (χ1n) is 2.70. The number of nitrogens with two attached hydrogens (primary N) is 1. The fourth-order valence-corrected chi connectivity index (χ4v) is 0.352. The van der Waals surface area contributed by atoms with Crippen molar-refractivity contribution in [3.05, 3.63) is 0 Å². The molecule has 0 radical (unpaired) electrons. The van der Waals surface area contributed by atoms with Crippen molar-refractivity contribution in [1.82, 2.24) is 16.1 Å². The molecule has 0 aromatic heterocycles. The van der Waals surface area contributed by atoms with Gasteiger partial charge in [0.1, 0.15) is 0 Å². The number of hydrazine groups is 1. The van der Waals surface area contributed by atoms with Gasteiger partial charge in [-0.25, -0.2) is 10.6 Å². The minimum atomic E-state index is -0.356. The molecule has 0 aliphatic rings. The largest absolute Gasteiger partial charge is 0.336 e. The Kier molecular flexibility index (Phi) is 4.85. The maximum absolute atomic E-state index is 10.3. The molecule has 0 aromatic rings. The highest BCUT2D eigenvalue weighted by Crippen LogP contribution is 1.57. The van der Waals surface area contributed by atoms with Crippen LogP contribution < -0.4 is 21.9 Å². The summed E-state index contributed by atoms with van der Waals surface area (Å²) in [4.78, 5) is 10.3. The van der Waals surface area contributed by atoms with Crippen LogP contribution in [0.2, 0.25) is 0 Å². The monoisotopic (exact) mass is 132 g/mol. The number of urea groups is 1. The van der Waals surface area contributed by atoms with Crippen LogP contribution in [0.5, 0.6) is 0 Å². The lowest BCUT2D eigenvalue weighted by molar-refractivity contribution is 0.241. The van der Waals surface area contributed by atoms with Gasteiger partial charge in [0.2, 0.25) is 0 Å². The highest BCUT2D eigenvalue weighted by atomic mass is 16.2. The number of carbonyl (C=O) groups is 1. The second kappa shape index (κ2) is 5.33. The van der Waals surface area contributed by atoms with Crippen molar-refractivity contribution in [2.75, 3.05) is 20.1 Å². The molecule has 0 aliphatic carbocycles. The van der Waals surface area contributed by atoms with Crippen molar-refractivity contribution >= 4 is 6.03 Å². The van der Waals surface area contributed by atoms with E-state index < -0.39 is 0 Å². The predicted octanol–water partition coefficient (Wildman–Crippen LogP) is -1.62. The molecule has 0 atom stereocenters. The third-order valence-corrected chi connectivity index (χ3v) is 0.792. The summed E-state index contributed by atoms with van der Waals surface area (Å²) in [5, 5.41) is 5.36. The van der Waals surface area contributed by atoms with Gasteiger partial charge in [-0.3, -0.25) is 5.43 Å². The SMILES string of the molecule is CNCCNC(=O)NN. The number of likely N-dealkylation sites (N-methyl/N-ethyl adjacent to an activating group) is 1. The van der Waals surface area contributed by atoms with E-state index in [1.807, 2.05) is 12.5 Å². The van der Waals surface area contributed by atoms with Crippen LogP contribution >= 0.6 is 0 Å². The second-order valence-corrected chi connectivity index (χ2v) is 1.50. The lowest BCUT2D eigenvalue weighted by Gasteiger charge is -2.01. The Morgan fingerprint density at radius 3 is 2.67 bits per heavy atom. The topological polar surface area (TPSA) is 79.2 Å². The van der Waals surface area contributed by atoms with E-state index in [0.717, 1.165) is 6.54 Å². The highest BCUT2D eigenvalue weighted by molar-refractivity contribution is 5.72. The average Bonchev–Trinajstić information content (AvgIpc) is 1.89. The highest BCUT2D eigenvalue weighted by Gasteiger charge is 1.90. The Bertz CT molecular complexity index is 84.6. The van der Waals surface area contributed by atoms with E-state index >= 15 is 0 Å². The van der Waals surface area contributed by atoms with Crippen LogP contribution in [0.3, 0.4) is 0 Å². The van der Waals surface area contributed by atoms with Gasteiger partial charge in [0.15, 0.2) is 0 Å². The van der Waals surface area contributed by atoms with Crippen LogP contribution in [0.25, 0.3) is 0 Å². The number of hydrogen-bond donors (Lipinski definition) is 4. The van der Waals surface area contributed by atoms with Crippen molar-refractivity contribution in [3.8, 4) is 0 Å². The van der Waals surface area contributed by atoms with Crippen LogP contribution in [0.4, 0.5) is 4.79 Å². The molecule has 0 bridgehead atoms. The summed E-state index contributed by atoms with van der Waals surface area (Å²) >= 11 is 0. The number of amides is 2. The predicted molar refractivity (Wildman–Crippen MR) is 34.6 cm³/mol. The van der Waals surface area contributed by atoms with Gasteiger partial charge in [-0.2, -0.15) is 0 Å². The maximum Gasteiger partial charge on any atom is 0.328 e. The summed E-state index contributed by atoms with van der Waals surface area (Å²) < 4.78 is 0. The van der Waals surface area contributed by atoms with E-state index in [4.69, 9.17) is 5.84 Å². The molecule has 54 valence electrons. The molecule has 0 unspecified atom stereocenters. The number of hydrogen-bond acceptors (Lipinski definition) is 3. The number of nitrogens with one attached hydrogen (secondary N) is 3. The zero-order chi connectivity index (χ0) is 7.11. The molecule has 5 nitrogen and oxygen atoms in total. The fourth-order valence-electron chi connectivity index (χ4n) is 0.352. The Labute approximate surface area is 54.0 Å². The molecule has 5 heteroatoms. The third kappa shape index (κ3) is 5.05. The molecular formula is C4H12N4O. The van der Waals surface area contributed by atoms with Crippen molar-refractivity contribution in [1.29, 1.82) is 0 Å². The third-order valence-electron chi connectivity index (χ3n) is 0.792. The molecular weight excluding hydrogens is 120 g/mol. The normalized spacial score (nSPS) is 8.67. The Morgan fingerprint density at radius 2 is 2.22 bits per heavy atom. The van der Waals surface area contributed by atoms with Crippen molar-refractivity contribution < 1.29 is 4.79 Å².